The predicted octanol–water partition coefficient (Wildman–Crippen LogP) is 4.65. The number of amides is 1. The van der Waals surface area contributed by atoms with E-state index >= 15 is 0 Å². The van der Waals surface area contributed by atoms with Gasteiger partial charge in [0.1, 0.15) is 12.4 Å². The van der Waals surface area contributed by atoms with Gasteiger partial charge in [-0.15, -0.1) is 6.42 Å². The second-order valence-electron chi connectivity index (χ2n) is 6.45. The van der Waals surface area contributed by atoms with Gasteiger partial charge in [0.15, 0.2) is 5.17 Å². The summed E-state index contributed by atoms with van der Waals surface area (Å²) in [5, 5.41) is 15.9. The highest BCUT2D eigenvalue weighted by atomic mass is 32.2. The molecule has 0 radical (unpaired) electrons. The fraction of sp³-hybridized carbons (Fsp3) is 0.0435. The van der Waals surface area contributed by atoms with Crippen LogP contribution in [0.4, 0.5) is 11.4 Å². The van der Waals surface area contributed by atoms with Gasteiger partial charge in [-0.1, -0.05) is 42.3 Å². The Kier molecular flexibility index (Phi) is 5.69. The second kappa shape index (κ2) is 8.73. The molecule has 4 rings (SSSR count). The van der Waals surface area contributed by atoms with Crippen molar-refractivity contribution < 1.29 is 14.5 Å². The monoisotopic (exact) mass is 429 g/mol. The number of thioether (sulfide) groups is 1. The van der Waals surface area contributed by atoms with Crippen molar-refractivity contribution >= 4 is 51.1 Å². The first kappa shape index (κ1) is 20.2. The molecule has 152 valence electrons. The Labute approximate surface area is 182 Å². The van der Waals surface area contributed by atoms with E-state index in [1.165, 1.54) is 12.1 Å². The third-order valence-electron chi connectivity index (χ3n) is 4.44. The lowest BCUT2D eigenvalue weighted by Gasteiger charge is -2.10. The molecular formula is C23H15N3O4S. The van der Waals surface area contributed by atoms with E-state index in [-0.39, 0.29) is 18.2 Å². The number of aliphatic imine (C=N–C) groups is 1. The zero-order valence-electron chi connectivity index (χ0n) is 16.1. The summed E-state index contributed by atoms with van der Waals surface area (Å²) in [6.07, 6.45) is 7.07. The summed E-state index contributed by atoms with van der Waals surface area (Å²) in [5.74, 6) is 2.70. The van der Waals surface area contributed by atoms with Gasteiger partial charge in [0.05, 0.1) is 15.5 Å². The number of amidine groups is 1. The molecule has 1 aliphatic rings. The maximum Gasteiger partial charge on any atom is 0.271 e. The van der Waals surface area contributed by atoms with E-state index in [0.29, 0.717) is 21.5 Å². The zero-order valence-corrected chi connectivity index (χ0v) is 16.9. The highest BCUT2D eigenvalue weighted by Crippen LogP contribution is 2.35. The first-order chi connectivity index (χ1) is 15.0. The minimum absolute atomic E-state index is 0.0713. The molecule has 0 bridgehead atoms. The number of carbonyl (C=O) groups is 1. The van der Waals surface area contributed by atoms with Crippen molar-refractivity contribution in [3.05, 3.63) is 81.2 Å². The molecule has 0 aliphatic carbocycles. The standard InChI is InChI=1S/C23H15N3O4S/c1-2-12-30-20-11-10-15-6-3-4-9-18(15)19(20)14-21-22(27)25-23(31-21)24-16-7-5-8-17(13-16)26(28)29/h1,3-11,13-14H,12H2,(H,24,25,27)/b21-14-. The first-order valence-electron chi connectivity index (χ1n) is 9.17. The van der Waals surface area contributed by atoms with E-state index in [9.17, 15) is 14.9 Å². The summed E-state index contributed by atoms with van der Waals surface area (Å²) in [6.45, 7) is 0.105. The van der Waals surface area contributed by atoms with E-state index in [2.05, 4.69) is 16.2 Å². The topological polar surface area (TPSA) is 93.8 Å². The van der Waals surface area contributed by atoms with Crippen molar-refractivity contribution in [1.82, 2.24) is 5.32 Å². The minimum atomic E-state index is -0.492. The van der Waals surface area contributed by atoms with Crippen molar-refractivity contribution in [2.24, 2.45) is 4.99 Å². The van der Waals surface area contributed by atoms with Gasteiger partial charge >= 0.3 is 0 Å². The van der Waals surface area contributed by atoms with Crippen LogP contribution in [0.1, 0.15) is 5.56 Å². The van der Waals surface area contributed by atoms with E-state index in [1.54, 1.807) is 18.2 Å². The normalized spacial score (nSPS) is 15.8. The number of carbonyl (C=O) groups excluding carboxylic acids is 1. The Morgan fingerprint density at radius 3 is 2.84 bits per heavy atom. The summed E-state index contributed by atoms with van der Waals surface area (Å²) in [5.41, 5.74) is 1.04. The molecule has 0 saturated carbocycles. The van der Waals surface area contributed by atoms with E-state index in [4.69, 9.17) is 11.2 Å². The van der Waals surface area contributed by atoms with Crippen molar-refractivity contribution in [1.29, 1.82) is 0 Å². The van der Waals surface area contributed by atoms with Gasteiger partial charge in [0.25, 0.3) is 11.6 Å². The van der Waals surface area contributed by atoms with Gasteiger partial charge in [0, 0.05) is 17.7 Å². The molecule has 7 nitrogen and oxygen atoms in total. The highest BCUT2D eigenvalue weighted by Gasteiger charge is 2.25. The summed E-state index contributed by atoms with van der Waals surface area (Å²) < 4.78 is 5.68. The first-order valence-corrected chi connectivity index (χ1v) is 9.99. The fourth-order valence-corrected chi connectivity index (χ4v) is 3.90. The molecule has 1 N–H and O–H groups in total. The molecule has 8 heteroatoms. The van der Waals surface area contributed by atoms with Crippen LogP contribution in [-0.2, 0) is 4.79 Å². The maximum absolute atomic E-state index is 12.6. The summed E-state index contributed by atoms with van der Waals surface area (Å²) in [6, 6.07) is 17.4. The van der Waals surface area contributed by atoms with Crippen LogP contribution in [-0.4, -0.2) is 22.6 Å². The molecule has 0 spiro atoms. The van der Waals surface area contributed by atoms with E-state index in [0.717, 1.165) is 28.1 Å². The van der Waals surface area contributed by atoms with Crippen LogP contribution in [0.5, 0.6) is 5.75 Å². The van der Waals surface area contributed by atoms with Crippen molar-refractivity contribution in [2.75, 3.05) is 6.61 Å². The largest absolute Gasteiger partial charge is 0.480 e. The number of hydrogen-bond donors (Lipinski definition) is 1. The summed E-state index contributed by atoms with van der Waals surface area (Å²) in [4.78, 5) is 27.8. The quantitative estimate of drug-likeness (QED) is 0.276. The zero-order chi connectivity index (χ0) is 21.8. The summed E-state index contributed by atoms with van der Waals surface area (Å²) >= 11 is 1.15. The number of rotatable bonds is 5. The molecule has 31 heavy (non-hydrogen) atoms. The molecule has 0 aromatic heterocycles. The smallest absolute Gasteiger partial charge is 0.271 e. The minimum Gasteiger partial charge on any atom is -0.480 e. The lowest BCUT2D eigenvalue weighted by molar-refractivity contribution is -0.384. The molecule has 3 aromatic carbocycles. The average Bonchev–Trinajstić information content (AvgIpc) is 3.11. The second-order valence-corrected chi connectivity index (χ2v) is 7.48. The molecule has 0 atom stereocenters. The molecule has 0 unspecified atom stereocenters. The van der Waals surface area contributed by atoms with E-state index < -0.39 is 4.92 Å². The number of nitrogens with zero attached hydrogens (tertiary/aromatic N) is 2. The van der Waals surface area contributed by atoms with Crippen molar-refractivity contribution in [3.63, 3.8) is 0 Å². The SMILES string of the molecule is C#CCOc1ccc2ccccc2c1/C=C1\SC(=Nc2cccc([N+](=O)[O-])c2)NC1=O. The van der Waals surface area contributed by atoms with Crippen LogP contribution in [0, 0.1) is 22.5 Å². The molecule has 1 heterocycles. The Hall–Kier alpha value is -4.09. The van der Waals surface area contributed by atoms with Crippen molar-refractivity contribution in [3.8, 4) is 18.1 Å². The fourth-order valence-electron chi connectivity index (χ4n) is 3.07. The molecule has 1 fully saturated rings. The molecule has 1 amide bonds. The molecule has 3 aromatic rings. The number of nitrogens with one attached hydrogen (secondary N) is 1. The lowest BCUT2D eigenvalue weighted by Crippen LogP contribution is -2.19. The van der Waals surface area contributed by atoms with Gasteiger partial charge in [-0.25, -0.2) is 4.99 Å². The van der Waals surface area contributed by atoms with E-state index in [1.807, 2.05) is 36.4 Å². The number of ether oxygens (including phenoxy) is 1. The number of benzene rings is 3. The van der Waals surface area contributed by atoms with Crippen LogP contribution in [0.2, 0.25) is 0 Å². The Morgan fingerprint density at radius 1 is 1.19 bits per heavy atom. The van der Waals surface area contributed by atoms with Crippen molar-refractivity contribution in [2.45, 2.75) is 0 Å². The third-order valence-corrected chi connectivity index (χ3v) is 5.35. The van der Waals surface area contributed by atoms with Gasteiger partial charge in [0.2, 0.25) is 0 Å². The van der Waals surface area contributed by atoms with Gasteiger partial charge in [-0.2, -0.15) is 0 Å². The van der Waals surface area contributed by atoms with Crippen LogP contribution in [0.3, 0.4) is 0 Å². The number of non-ortho nitro benzene ring substituents is 1. The predicted molar refractivity (Wildman–Crippen MR) is 122 cm³/mol. The number of nitro groups is 1. The maximum atomic E-state index is 12.6. The van der Waals surface area contributed by atoms with Crippen LogP contribution in [0.25, 0.3) is 16.8 Å². The van der Waals surface area contributed by atoms with Crippen LogP contribution in [0.15, 0.2) is 70.6 Å². The van der Waals surface area contributed by atoms with Crippen LogP contribution >= 0.6 is 11.8 Å². The molecular weight excluding hydrogens is 414 g/mol. The third kappa shape index (κ3) is 4.42. The molecule has 1 aliphatic heterocycles. The lowest BCUT2D eigenvalue weighted by atomic mass is 10.0. The number of nitro benzene ring substituents is 1. The Balaban J connectivity index is 1.71. The summed E-state index contributed by atoms with van der Waals surface area (Å²) in [7, 11) is 0. The van der Waals surface area contributed by atoms with Gasteiger partial charge in [-0.3, -0.25) is 14.9 Å². The Morgan fingerprint density at radius 2 is 2.03 bits per heavy atom. The highest BCUT2D eigenvalue weighted by molar-refractivity contribution is 8.18. The Bertz CT molecular complexity index is 1310. The number of fused-ring (bicyclic) bond motifs is 1. The average molecular weight is 429 g/mol. The number of hydrogen-bond acceptors (Lipinski definition) is 6. The van der Waals surface area contributed by atoms with Gasteiger partial charge < -0.3 is 10.1 Å². The molecule has 1 saturated heterocycles. The van der Waals surface area contributed by atoms with Crippen LogP contribution < -0.4 is 10.1 Å². The van der Waals surface area contributed by atoms with Gasteiger partial charge in [-0.05, 0) is 40.7 Å². The number of terminal acetylenes is 1.